The van der Waals surface area contributed by atoms with Crippen LogP contribution in [0, 0.1) is 0 Å². The Morgan fingerprint density at radius 2 is 1.77 bits per heavy atom. The molecule has 2 aliphatic rings. The van der Waals surface area contributed by atoms with E-state index in [0.717, 1.165) is 12.1 Å². The summed E-state index contributed by atoms with van der Waals surface area (Å²) in [6.45, 7) is 2.43. The van der Waals surface area contributed by atoms with Crippen molar-refractivity contribution in [2.24, 2.45) is 0 Å². The molecule has 0 unspecified atom stereocenters. The summed E-state index contributed by atoms with van der Waals surface area (Å²) in [6, 6.07) is 1.80. The van der Waals surface area contributed by atoms with E-state index in [4.69, 9.17) is 0 Å². The summed E-state index contributed by atoms with van der Waals surface area (Å²) >= 11 is 0. The smallest absolute Gasteiger partial charge is 0.0107 e. The van der Waals surface area contributed by atoms with Crippen LogP contribution >= 0.6 is 24.8 Å². The summed E-state index contributed by atoms with van der Waals surface area (Å²) in [6.07, 6.45) is 5.68. The van der Waals surface area contributed by atoms with Gasteiger partial charge in [-0.2, -0.15) is 0 Å². The van der Waals surface area contributed by atoms with E-state index in [1.54, 1.807) is 0 Å². The maximum absolute atomic E-state index is 3.53. The van der Waals surface area contributed by atoms with Crippen LogP contribution in [0.25, 0.3) is 0 Å². The molecule has 0 aromatic carbocycles. The van der Waals surface area contributed by atoms with Crippen LogP contribution in [-0.4, -0.2) is 37.1 Å². The van der Waals surface area contributed by atoms with E-state index in [9.17, 15) is 0 Å². The molecular formula is C9H20Cl2N2. The lowest BCUT2D eigenvalue weighted by Crippen LogP contribution is -2.31. The van der Waals surface area contributed by atoms with Crippen LogP contribution in [0.4, 0.5) is 0 Å². The average Bonchev–Trinajstić information content (AvgIpc) is 2.85. The Morgan fingerprint density at radius 1 is 1.15 bits per heavy atom. The maximum atomic E-state index is 3.53. The van der Waals surface area contributed by atoms with Crippen molar-refractivity contribution in [1.82, 2.24) is 10.2 Å². The van der Waals surface area contributed by atoms with Crippen molar-refractivity contribution in [3.63, 3.8) is 0 Å². The number of likely N-dealkylation sites (N-methyl/N-ethyl adjacent to an activating group) is 1. The molecule has 2 fully saturated rings. The molecule has 0 radical (unpaired) electrons. The Hall–Kier alpha value is 0.500. The first-order valence-corrected chi connectivity index (χ1v) is 4.80. The number of nitrogens with one attached hydrogen (secondary N) is 1. The summed E-state index contributed by atoms with van der Waals surface area (Å²) in [7, 11) is 2.24. The van der Waals surface area contributed by atoms with Gasteiger partial charge in [0, 0.05) is 25.2 Å². The van der Waals surface area contributed by atoms with Crippen LogP contribution in [0.15, 0.2) is 0 Å². The molecule has 1 N–H and O–H groups in total. The molecule has 0 bridgehead atoms. The van der Waals surface area contributed by atoms with Crippen molar-refractivity contribution in [2.45, 2.75) is 37.8 Å². The fraction of sp³-hybridized carbons (Fsp3) is 1.00. The molecular weight excluding hydrogens is 207 g/mol. The normalized spacial score (nSPS) is 20.8. The SMILES string of the molecule is CN(CCNC1CC1)C1CC1.Cl.Cl. The molecule has 2 nitrogen and oxygen atoms in total. The fourth-order valence-corrected chi connectivity index (χ4v) is 1.43. The van der Waals surface area contributed by atoms with E-state index in [-0.39, 0.29) is 24.8 Å². The summed E-state index contributed by atoms with van der Waals surface area (Å²) in [5.41, 5.74) is 0. The third kappa shape index (κ3) is 5.06. The molecule has 0 saturated heterocycles. The van der Waals surface area contributed by atoms with Crippen molar-refractivity contribution in [3.8, 4) is 0 Å². The van der Waals surface area contributed by atoms with E-state index in [1.807, 2.05) is 0 Å². The van der Waals surface area contributed by atoms with Crippen LogP contribution in [0.3, 0.4) is 0 Å². The quantitative estimate of drug-likeness (QED) is 0.768. The number of nitrogens with zero attached hydrogens (tertiary/aromatic N) is 1. The van der Waals surface area contributed by atoms with E-state index >= 15 is 0 Å². The van der Waals surface area contributed by atoms with E-state index in [2.05, 4.69) is 17.3 Å². The lowest BCUT2D eigenvalue weighted by molar-refractivity contribution is 0.321. The highest BCUT2D eigenvalue weighted by Gasteiger charge is 2.26. The summed E-state index contributed by atoms with van der Waals surface area (Å²) in [5, 5.41) is 3.53. The molecule has 2 aliphatic carbocycles. The maximum Gasteiger partial charge on any atom is 0.0107 e. The Balaban J connectivity index is 0.000000720. The molecule has 4 heteroatoms. The first-order chi connectivity index (χ1) is 5.36. The number of rotatable bonds is 5. The Kier molecular flexibility index (Phi) is 6.31. The van der Waals surface area contributed by atoms with E-state index in [0.29, 0.717) is 0 Å². The third-order valence-corrected chi connectivity index (χ3v) is 2.65. The van der Waals surface area contributed by atoms with Gasteiger partial charge in [-0.05, 0) is 32.7 Å². The van der Waals surface area contributed by atoms with Crippen LogP contribution in [-0.2, 0) is 0 Å². The Labute approximate surface area is 93.3 Å². The molecule has 0 aliphatic heterocycles. The number of hydrogen-bond acceptors (Lipinski definition) is 2. The van der Waals surface area contributed by atoms with Crippen molar-refractivity contribution in [3.05, 3.63) is 0 Å². The lowest BCUT2D eigenvalue weighted by Gasteiger charge is -2.15. The molecule has 0 aromatic rings. The zero-order chi connectivity index (χ0) is 7.68. The van der Waals surface area contributed by atoms with Crippen molar-refractivity contribution < 1.29 is 0 Å². The second kappa shape index (κ2) is 6.07. The minimum absolute atomic E-state index is 0. The molecule has 0 heterocycles. The molecule has 0 amide bonds. The van der Waals surface area contributed by atoms with Crippen molar-refractivity contribution in [1.29, 1.82) is 0 Å². The number of halogens is 2. The van der Waals surface area contributed by atoms with E-state index < -0.39 is 0 Å². The van der Waals surface area contributed by atoms with Crippen LogP contribution < -0.4 is 5.32 Å². The lowest BCUT2D eigenvalue weighted by atomic mass is 10.5. The predicted octanol–water partition coefficient (Wildman–Crippen LogP) is 1.68. The second-order valence-electron chi connectivity index (χ2n) is 3.94. The molecule has 0 atom stereocenters. The van der Waals surface area contributed by atoms with Gasteiger partial charge >= 0.3 is 0 Å². The molecule has 2 saturated carbocycles. The van der Waals surface area contributed by atoms with Crippen LogP contribution in [0.1, 0.15) is 25.7 Å². The topological polar surface area (TPSA) is 15.3 Å². The summed E-state index contributed by atoms with van der Waals surface area (Å²) < 4.78 is 0. The van der Waals surface area contributed by atoms with E-state index in [1.165, 1.54) is 38.8 Å². The zero-order valence-electron chi connectivity index (χ0n) is 8.16. The van der Waals surface area contributed by atoms with Gasteiger partial charge in [-0.3, -0.25) is 0 Å². The van der Waals surface area contributed by atoms with Gasteiger partial charge in [0.25, 0.3) is 0 Å². The minimum Gasteiger partial charge on any atom is -0.313 e. The van der Waals surface area contributed by atoms with Gasteiger partial charge in [0.1, 0.15) is 0 Å². The molecule has 0 spiro atoms. The van der Waals surface area contributed by atoms with Gasteiger partial charge in [-0.25, -0.2) is 0 Å². The second-order valence-corrected chi connectivity index (χ2v) is 3.94. The number of hydrogen-bond donors (Lipinski definition) is 1. The average molecular weight is 227 g/mol. The molecule has 80 valence electrons. The van der Waals surface area contributed by atoms with Gasteiger partial charge in [-0.1, -0.05) is 0 Å². The standard InChI is InChI=1S/C9H18N2.2ClH/c1-11(9-4-5-9)7-6-10-8-2-3-8;;/h8-10H,2-7H2,1H3;2*1H. The molecule has 0 aromatic heterocycles. The van der Waals surface area contributed by atoms with Gasteiger partial charge in [-0.15, -0.1) is 24.8 Å². The fourth-order valence-electron chi connectivity index (χ4n) is 1.43. The van der Waals surface area contributed by atoms with Crippen LogP contribution in [0.2, 0.25) is 0 Å². The zero-order valence-corrected chi connectivity index (χ0v) is 9.79. The van der Waals surface area contributed by atoms with Crippen molar-refractivity contribution in [2.75, 3.05) is 20.1 Å². The monoisotopic (exact) mass is 226 g/mol. The largest absolute Gasteiger partial charge is 0.313 e. The van der Waals surface area contributed by atoms with Crippen LogP contribution in [0.5, 0.6) is 0 Å². The van der Waals surface area contributed by atoms with Gasteiger partial charge < -0.3 is 10.2 Å². The first kappa shape index (κ1) is 13.5. The highest BCUT2D eigenvalue weighted by atomic mass is 35.5. The molecule has 13 heavy (non-hydrogen) atoms. The predicted molar refractivity (Wildman–Crippen MR) is 61.2 cm³/mol. The summed E-state index contributed by atoms with van der Waals surface area (Å²) in [5.74, 6) is 0. The molecule has 2 rings (SSSR count). The third-order valence-electron chi connectivity index (χ3n) is 2.65. The Bertz CT molecular complexity index is 136. The summed E-state index contributed by atoms with van der Waals surface area (Å²) in [4.78, 5) is 2.48. The van der Waals surface area contributed by atoms with Gasteiger partial charge in [0.15, 0.2) is 0 Å². The van der Waals surface area contributed by atoms with Crippen molar-refractivity contribution >= 4 is 24.8 Å². The highest BCUT2D eigenvalue weighted by molar-refractivity contribution is 5.85. The minimum atomic E-state index is 0. The highest BCUT2D eigenvalue weighted by Crippen LogP contribution is 2.24. The van der Waals surface area contributed by atoms with Gasteiger partial charge in [0.05, 0.1) is 0 Å². The Morgan fingerprint density at radius 3 is 2.23 bits per heavy atom. The van der Waals surface area contributed by atoms with Gasteiger partial charge in [0.2, 0.25) is 0 Å². The first-order valence-electron chi connectivity index (χ1n) is 4.80.